The molecule has 0 heterocycles. The lowest BCUT2D eigenvalue weighted by Crippen LogP contribution is -2.34. The smallest absolute Gasteiger partial charge is 0.343 e. The van der Waals surface area contributed by atoms with Crippen molar-refractivity contribution in [1.82, 2.24) is 10.7 Å². The van der Waals surface area contributed by atoms with Crippen LogP contribution in [0.3, 0.4) is 0 Å². The summed E-state index contributed by atoms with van der Waals surface area (Å²) in [6.07, 6.45) is 1.40. The summed E-state index contributed by atoms with van der Waals surface area (Å²) in [4.78, 5) is 36.5. The van der Waals surface area contributed by atoms with Gasteiger partial charge in [0.05, 0.1) is 32.0 Å². The minimum atomic E-state index is -0.544. The van der Waals surface area contributed by atoms with E-state index in [0.29, 0.717) is 34.8 Å². The van der Waals surface area contributed by atoms with E-state index in [1.54, 1.807) is 54.6 Å². The summed E-state index contributed by atoms with van der Waals surface area (Å²) in [5, 5.41) is 6.42. The zero-order valence-corrected chi connectivity index (χ0v) is 20.2. The van der Waals surface area contributed by atoms with Gasteiger partial charge in [-0.05, 0) is 74.0 Å². The Kier molecular flexibility index (Phi) is 9.16. The molecule has 9 heteroatoms. The summed E-state index contributed by atoms with van der Waals surface area (Å²) in [5.74, 6) is -0.172. The molecule has 0 spiro atoms. The number of hydrazone groups is 1. The van der Waals surface area contributed by atoms with Crippen LogP contribution in [0.15, 0.2) is 71.8 Å². The highest BCUT2D eigenvalue weighted by atomic mass is 16.6. The van der Waals surface area contributed by atoms with Crippen molar-refractivity contribution in [2.24, 2.45) is 5.10 Å². The fourth-order valence-electron chi connectivity index (χ4n) is 3.05. The lowest BCUT2D eigenvalue weighted by Gasteiger charge is -2.10. The van der Waals surface area contributed by atoms with Gasteiger partial charge in [-0.3, -0.25) is 9.59 Å². The molecule has 0 saturated heterocycles. The van der Waals surface area contributed by atoms with Gasteiger partial charge in [0.25, 0.3) is 11.8 Å². The number of aryl methyl sites for hydroxylation is 1. The Morgan fingerprint density at radius 2 is 1.61 bits per heavy atom. The number of hydrogen-bond donors (Lipinski definition) is 2. The first kappa shape index (κ1) is 26.0. The van der Waals surface area contributed by atoms with Gasteiger partial charge in [-0.2, -0.15) is 5.10 Å². The van der Waals surface area contributed by atoms with E-state index in [9.17, 15) is 14.4 Å². The second-order valence-corrected chi connectivity index (χ2v) is 7.60. The van der Waals surface area contributed by atoms with Crippen molar-refractivity contribution in [3.8, 4) is 17.2 Å². The Hall–Kier alpha value is -4.66. The largest absolute Gasteiger partial charge is 0.494 e. The number of ether oxygens (including phenoxy) is 3. The molecular weight excluding hydrogens is 462 g/mol. The van der Waals surface area contributed by atoms with Crippen LogP contribution < -0.4 is 25.0 Å². The first-order chi connectivity index (χ1) is 17.4. The molecule has 0 bridgehead atoms. The number of rotatable bonds is 10. The molecule has 2 N–H and O–H groups in total. The van der Waals surface area contributed by atoms with E-state index in [1.165, 1.54) is 13.3 Å². The molecule has 0 atom stereocenters. The molecule has 0 fully saturated rings. The van der Waals surface area contributed by atoms with Crippen LogP contribution in [-0.2, 0) is 4.79 Å². The molecule has 0 aromatic heterocycles. The van der Waals surface area contributed by atoms with E-state index in [1.807, 2.05) is 26.0 Å². The first-order valence-electron chi connectivity index (χ1n) is 11.2. The topological polar surface area (TPSA) is 115 Å². The number of benzene rings is 3. The zero-order chi connectivity index (χ0) is 25.9. The average molecular weight is 490 g/mol. The summed E-state index contributed by atoms with van der Waals surface area (Å²) in [7, 11) is 1.45. The van der Waals surface area contributed by atoms with Gasteiger partial charge in [0, 0.05) is 5.56 Å². The van der Waals surface area contributed by atoms with E-state index >= 15 is 0 Å². The van der Waals surface area contributed by atoms with Crippen molar-refractivity contribution in [3.63, 3.8) is 0 Å². The lowest BCUT2D eigenvalue weighted by molar-refractivity contribution is -0.120. The fraction of sp³-hybridized carbons (Fsp3) is 0.185. The Morgan fingerprint density at radius 3 is 2.28 bits per heavy atom. The van der Waals surface area contributed by atoms with Gasteiger partial charge >= 0.3 is 5.97 Å². The third-order valence-corrected chi connectivity index (χ3v) is 4.92. The number of carbonyl (C=O) groups is 3. The first-order valence-corrected chi connectivity index (χ1v) is 11.2. The second kappa shape index (κ2) is 12.7. The molecule has 0 aliphatic rings. The molecule has 0 aliphatic carbocycles. The molecule has 2 amide bonds. The van der Waals surface area contributed by atoms with Crippen LogP contribution in [-0.4, -0.2) is 44.3 Å². The fourth-order valence-corrected chi connectivity index (χ4v) is 3.05. The molecule has 9 nitrogen and oxygen atoms in total. The number of amides is 2. The molecule has 36 heavy (non-hydrogen) atoms. The highest BCUT2D eigenvalue weighted by Gasteiger charge is 2.13. The zero-order valence-electron chi connectivity index (χ0n) is 20.2. The number of nitrogens with one attached hydrogen (secondary N) is 2. The van der Waals surface area contributed by atoms with Crippen LogP contribution in [0.25, 0.3) is 0 Å². The summed E-state index contributed by atoms with van der Waals surface area (Å²) in [5.41, 5.74) is 4.81. The Balaban J connectivity index is 1.53. The maximum absolute atomic E-state index is 12.5. The summed E-state index contributed by atoms with van der Waals surface area (Å²) >= 11 is 0. The minimum absolute atomic E-state index is 0.228. The second-order valence-electron chi connectivity index (χ2n) is 7.60. The molecule has 3 aromatic carbocycles. The Labute approximate surface area is 209 Å². The van der Waals surface area contributed by atoms with E-state index < -0.39 is 11.9 Å². The van der Waals surface area contributed by atoms with Crippen molar-refractivity contribution >= 4 is 24.0 Å². The van der Waals surface area contributed by atoms with Gasteiger partial charge in [-0.25, -0.2) is 10.2 Å². The highest BCUT2D eigenvalue weighted by molar-refractivity contribution is 5.96. The van der Waals surface area contributed by atoms with Gasteiger partial charge in [-0.15, -0.1) is 0 Å². The van der Waals surface area contributed by atoms with Crippen LogP contribution in [0, 0.1) is 6.92 Å². The standard InChI is InChI=1S/C27H27N3O6/c1-4-35-22-12-10-21(11-13-22)27(33)36-23-14-7-19(15-24(23)34-3)16-29-30-25(31)17-28-26(32)20-8-5-18(2)6-9-20/h5-16H,4,17H2,1-3H3,(H,28,32)(H,30,31). The van der Waals surface area contributed by atoms with Crippen molar-refractivity contribution in [2.75, 3.05) is 20.3 Å². The van der Waals surface area contributed by atoms with Crippen molar-refractivity contribution in [3.05, 3.63) is 89.0 Å². The molecule has 3 rings (SSSR count). The normalized spacial score (nSPS) is 10.5. The van der Waals surface area contributed by atoms with Crippen LogP contribution in [0.4, 0.5) is 0 Å². The highest BCUT2D eigenvalue weighted by Crippen LogP contribution is 2.28. The van der Waals surface area contributed by atoms with Crippen molar-refractivity contribution in [2.45, 2.75) is 13.8 Å². The van der Waals surface area contributed by atoms with Crippen LogP contribution in [0.5, 0.6) is 17.2 Å². The number of hydrogen-bond acceptors (Lipinski definition) is 7. The van der Waals surface area contributed by atoms with Crippen LogP contribution in [0.2, 0.25) is 0 Å². The van der Waals surface area contributed by atoms with E-state index in [-0.39, 0.29) is 18.2 Å². The average Bonchev–Trinajstić information content (AvgIpc) is 2.89. The molecule has 186 valence electrons. The predicted octanol–water partition coefficient (Wildman–Crippen LogP) is 3.50. The van der Waals surface area contributed by atoms with Crippen LogP contribution in [0.1, 0.15) is 38.8 Å². The molecule has 3 aromatic rings. The molecule has 0 saturated carbocycles. The van der Waals surface area contributed by atoms with Crippen LogP contribution >= 0.6 is 0 Å². The Morgan fingerprint density at radius 1 is 0.917 bits per heavy atom. The van der Waals surface area contributed by atoms with Gasteiger partial charge < -0.3 is 19.5 Å². The predicted molar refractivity (Wildman–Crippen MR) is 135 cm³/mol. The van der Waals surface area contributed by atoms with Gasteiger partial charge in [-0.1, -0.05) is 17.7 Å². The third-order valence-electron chi connectivity index (χ3n) is 4.92. The molecular formula is C27H27N3O6. The Bertz CT molecular complexity index is 1240. The maximum atomic E-state index is 12.5. The quantitative estimate of drug-likeness (QED) is 0.195. The van der Waals surface area contributed by atoms with Crippen molar-refractivity contribution in [1.29, 1.82) is 0 Å². The molecule has 0 aliphatic heterocycles. The van der Waals surface area contributed by atoms with E-state index in [4.69, 9.17) is 14.2 Å². The number of carbonyl (C=O) groups excluding carboxylic acids is 3. The maximum Gasteiger partial charge on any atom is 0.343 e. The number of nitrogens with zero attached hydrogens (tertiary/aromatic N) is 1. The van der Waals surface area contributed by atoms with Crippen molar-refractivity contribution < 1.29 is 28.6 Å². The van der Waals surface area contributed by atoms with Gasteiger partial charge in [0.2, 0.25) is 0 Å². The summed E-state index contributed by atoms with van der Waals surface area (Å²) < 4.78 is 16.2. The van der Waals surface area contributed by atoms with E-state index in [0.717, 1.165) is 5.56 Å². The monoisotopic (exact) mass is 489 g/mol. The molecule has 0 unspecified atom stereocenters. The summed E-state index contributed by atoms with van der Waals surface area (Å²) in [6, 6.07) is 18.5. The minimum Gasteiger partial charge on any atom is -0.494 e. The molecule has 0 radical (unpaired) electrons. The van der Waals surface area contributed by atoms with Gasteiger partial charge in [0.15, 0.2) is 11.5 Å². The summed E-state index contributed by atoms with van der Waals surface area (Å²) in [6.45, 7) is 4.11. The van der Waals surface area contributed by atoms with E-state index in [2.05, 4.69) is 15.8 Å². The lowest BCUT2D eigenvalue weighted by atomic mass is 10.1. The number of methoxy groups -OCH3 is 1. The SMILES string of the molecule is CCOc1ccc(C(=O)Oc2ccc(C=NNC(=O)CNC(=O)c3ccc(C)cc3)cc2OC)cc1. The van der Waals surface area contributed by atoms with Gasteiger partial charge in [0.1, 0.15) is 5.75 Å². The third kappa shape index (κ3) is 7.42. The number of esters is 1.